The van der Waals surface area contributed by atoms with Crippen molar-refractivity contribution in [3.05, 3.63) is 35.4 Å². The highest BCUT2D eigenvalue weighted by molar-refractivity contribution is 14.0. The van der Waals surface area contributed by atoms with Crippen LogP contribution < -0.4 is 10.6 Å². The average Bonchev–Trinajstić information content (AvgIpc) is 2.67. The molecule has 28 heavy (non-hydrogen) atoms. The number of halogens is 1. The van der Waals surface area contributed by atoms with E-state index in [-0.39, 0.29) is 35.8 Å². The minimum Gasteiger partial charge on any atom is -0.357 e. The summed E-state index contributed by atoms with van der Waals surface area (Å²) in [4.78, 5) is 4.75. The van der Waals surface area contributed by atoms with Gasteiger partial charge in [-0.15, -0.1) is 24.0 Å². The smallest absolute Gasteiger partial charge is 0.214 e. The zero-order valence-corrected chi connectivity index (χ0v) is 20.4. The van der Waals surface area contributed by atoms with Gasteiger partial charge in [-0.05, 0) is 43.7 Å². The summed E-state index contributed by atoms with van der Waals surface area (Å²) in [6.07, 6.45) is 3.27. The largest absolute Gasteiger partial charge is 0.357 e. The molecular formula is C20H35IN4O2S. The van der Waals surface area contributed by atoms with Crippen LogP contribution in [0.1, 0.15) is 51.2 Å². The molecule has 0 aliphatic carbocycles. The highest BCUT2D eigenvalue weighted by atomic mass is 127. The first-order chi connectivity index (χ1) is 13.0. The van der Waals surface area contributed by atoms with E-state index in [9.17, 15) is 8.42 Å². The van der Waals surface area contributed by atoms with Crippen LogP contribution in [0.25, 0.3) is 0 Å². The molecule has 160 valence electrons. The fraction of sp³-hybridized carbons (Fsp3) is 0.650. The number of rotatable bonds is 8. The second kappa shape index (κ2) is 12.6. The van der Waals surface area contributed by atoms with Gasteiger partial charge in [0.05, 0.1) is 12.3 Å². The van der Waals surface area contributed by atoms with Gasteiger partial charge < -0.3 is 10.6 Å². The van der Waals surface area contributed by atoms with Crippen molar-refractivity contribution in [2.75, 3.05) is 25.4 Å². The lowest BCUT2D eigenvalue weighted by molar-refractivity contribution is 0.306. The lowest BCUT2D eigenvalue weighted by Gasteiger charge is -2.32. The standard InChI is InChI=1S/C20H34N4O2S.HI/c1-4-15-27(25,26)24-13-11-19(12-14-24)23-20(21-6-3)22-16-18-10-8-7-9-17(18)5-2;/h7-10,19H,4-6,11-16H2,1-3H3,(H2,21,22,23);1H. The number of guanidine groups is 1. The summed E-state index contributed by atoms with van der Waals surface area (Å²) in [5.41, 5.74) is 2.57. The van der Waals surface area contributed by atoms with E-state index in [0.717, 1.165) is 31.8 Å². The molecule has 2 rings (SSSR count). The lowest BCUT2D eigenvalue weighted by Crippen LogP contribution is -2.50. The number of hydrogen-bond donors (Lipinski definition) is 2. The maximum Gasteiger partial charge on any atom is 0.214 e. The first-order valence-electron chi connectivity index (χ1n) is 10.1. The van der Waals surface area contributed by atoms with Crippen molar-refractivity contribution in [3.63, 3.8) is 0 Å². The van der Waals surface area contributed by atoms with Crippen molar-refractivity contribution < 1.29 is 8.42 Å². The number of nitrogens with zero attached hydrogens (tertiary/aromatic N) is 2. The third-order valence-electron chi connectivity index (χ3n) is 4.90. The number of piperidine rings is 1. The Bertz CT molecular complexity index is 717. The van der Waals surface area contributed by atoms with E-state index in [1.165, 1.54) is 11.1 Å². The van der Waals surface area contributed by atoms with Gasteiger partial charge in [-0.1, -0.05) is 38.1 Å². The van der Waals surface area contributed by atoms with Gasteiger partial charge in [0.15, 0.2) is 5.96 Å². The molecule has 6 nitrogen and oxygen atoms in total. The second-order valence-electron chi connectivity index (χ2n) is 6.95. The van der Waals surface area contributed by atoms with E-state index in [4.69, 9.17) is 4.99 Å². The van der Waals surface area contributed by atoms with Gasteiger partial charge in [0.1, 0.15) is 0 Å². The van der Waals surface area contributed by atoms with Gasteiger partial charge in [0.2, 0.25) is 10.0 Å². The number of aliphatic imine (C=N–C) groups is 1. The zero-order chi connectivity index (χ0) is 19.7. The Morgan fingerprint density at radius 1 is 1.14 bits per heavy atom. The van der Waals surface area contributed by atoms with Crippen molar-refractivity contribution in [2.24, 2.45) is 4.99 Å². The molecule has 0 unspecified atom stereocenters. The van der Waals surface area contributed by atoms with Gasteiger partial charge in [0.25, 0.3) is 0 Å². The molecule has 0 aromatic heterocycles. The Morgan fingerprint density at radius 3 is 2.36 bits per heavy atom. The predicted octanol–water partition coefficient (Wildman–Crippen LogP) is 3.13. The minimum atomic E-state index is -3.09. The Hall–Kier alpha value is -0.870. The van der Waals surface area contributed by atoms with E-state index in [1.54, 1.807) is 4.31 Å². The van der Waals surface area contributed by atoms with E-state index in [2.05, 4.69) is 48.7 Å². The van der Waals surface area contributed by atoms with E-state index < -0.39 is 10.0 Å². The first kappa shape index (κ1) is 25.2. The summed E-state index contributed by atoms with van der Waals surface area (Å²) >= 11 is 0. The molecule has 0 spiro atoms. The van der Waals surface area contributed by atoms with Crippen LogP contribution in [0.5, 0.6) is 0 Å². The van der Waals surface area contributed by atoms with Crippen LogP contribution in [-0.2, 0) is 23.0 Å². The molecule has 1 fully saturated rings. The van der Waals surface area contributed by atoms with Crippen molar-refractivity contribution in [1.29, 1.82) is 0 Å². The molecular weight excluding hydrogens is 487 g/mol. The van der Waals surface area contributed by atoms with Gasteiger partial charge >= 0.3 is 0 Å². The molecule has 1 aromatic carbocycles. The van der Waals surface area contributed by atoms with Gasteiger partial charge in [-0.2, -0.15) is 0 Å². The van der Waals surface area contributed by atoms with E-state index in [0.29, 0.717) is 26.1 Å². The van der Waals surface area contributed by atoms with Crippen LogP contribution in [0.15, 0.2) is 29.3 Å². The Morgan fingerprint density at radius 2 is 1.79 bits per heavy atom. The Balaban J connectivity index is 0.00000392. The molecule has 0 amide bonds. The fourth-order valence-electron chi connectivity index (χ4n) is 3.40. The normalized spacial score (nSPS) is 16.5. The monoisotopic (exact) mass is 522 g/mol. The van der Waals surface area contributed by atoms with Crippen LogP contribution in [0.2, 0.25) is 0 Å². The highest BCUT2D eigenvalue weighted by Crippen LogP contribution is 2.15. The van der Waals surface area contributed by atoms with E-state index >= 15 is 0 Å². The maximum absolute atomic E-state index is 12.2. The quantitative estimate of drug-likeness (QED) is 0.313. The number of benzene rings is 1. The number of sulfonamides is 1. The molecule has 1 aliphatic rings. The van der Waals surface area contributed by atoms with Crippen LogP contribution in [-0.4, -0.2) is 50.1 Å². The van der Waals surface area contributed by atoms with Gasteiger partial charge in [-0.3, -0.25) is 0 Å². The summed E-state index contributed by atoms with van der Waals surface area (Å²) in [7, 11) is -3.09. The second-order valence-corrected chi connectivity index (χ2v) is 9.04. The summed E-state index contributed by atoms with van der Waals surface area (Å²) in [6, 6.07) is 8.64. The third kappa shape index (κ3) is 7.51. The molecule has 8 heteroatoms. The maximum atomic E-state index is 12.2. The third-order valence-corrected chi connectivity index (χ3v) is 6.98. The Kier molecular flexibility index (Phi) is 11.4. The molecule has 1 heterocycles. The zero-order valence-electron chi connectivity index (χ0n) is 17.3. The first-order valence-corrected chi connectivity index (χ1v) is 11.7. The van der Waals surface area contributed by atoms with Crippen LogP contribution >= 0.6 is 24.0 Å². The summed E-state index contributed by atoms with van der Waals surface area (Å²) in [5.74, 6) is 1.05. The van der Waals surface area contributed by atoms with Crippen LogP contribution in [0.3, 0.4) is 0 Å². The Labute approximate surface area is 187 Å². The summed E-state index contributed by atoms with van der Waals surface area (Å²) in [6.45, 7) is 8.72. The average molecular weight is 522 g/mol. The molecule has 1 aromatic rings. The molecule has 0 bridgehead atoms. The molecule has 0 atom stereocenters. The van der Waals surface area contributed by atoms with Crippen molar-refractivity contribution in [2.45, 2.75) is 59.0 Å². The topological polar surface area (TPSA) is 73.8 Å². The van der Waals surface area contributed by atoms with Crippen molar-refractivity contribution in [3.8, 4) is 0 Å². The predicted molar refractivity (Wildman–Crippen MR) is 128 cm³/mol. The molecule has 0 radical (unpaired) electrons. The van der Waals surface area contributed by atoms with Gasteiger partial charge in [-0.25, -0.2) is 17.7 Å². The summed E-state index contributed by atoms with van der Waals surface area (Å²) in [5, 5.41) is 6.79. The lowest BCUT2D eigenvalue weighted by atomic mass is 10.1. The van der Waals surface area contributed by atoms with Crippen molar-refractivity contribution >= 4 is 40.0 Å². The number of hydrogen-bond acceptors (Lipinski definition) is 3. The highest BCUT2D eigenvalue weighted by Gasteiger charge is 2.27. The number of nitrogens with one attached hydrogen (secondary N) is 2. The van der Waals surface area contributed by atoms with Crippen molar-refractivity contribution in [1.82, 2.24) is 14.9 Å². The van der Waals surface area contributed by atoms with Crippen LogP contribution in [0.4, 0.5) is 0 Å². The summed E-state index contributed by atoms with van der Waals surface area (Å²) < 4.78 is 26.0. The fourth-order valence-corrected chi connectivity index (χ4v) is 4.94. The minimum absolute atomic E-state index is 0. The number of aryl methyl sites for hydroxylation is 1. The molecule has 0 saturated carbocycles. The van der Waals surface area contributed by atoms with E-state index in [1.807, 2.05) is 6.92 Å². The molecule has 1 aliphatic heterocycles. The molecule has 1 saturated heterocycles. The van der Waals surface area contributed by atoms with Gasteiger partial charge in [0, 0.05) is 25.7 Å². The molecule has 2 N–H and O–H groups in total. The van der Waals surface area contributed by atoms with Crippen LogP contribution in [0, 0.1) is 0 Å². The SMILES string of the molecule is CCCS(=O)(=O)N1CCC(NC(=NCc2ccccc2CC)NCC)CC1.I.